The van der Waals surface area contributed by atoms with E-state index in [2.05, 4.69) is 4.74 Å². The molecule has 4 heteroatoms. The number of rotatable bonds is 3. The third-order valence-corrected chi connectivity index (χ3v) is 2.01. The number of esters is 1. The lowest BCUT2D eigenvalue weighted by Crippen LogP contribution is -2.55. The molecular formula is C10H12NO3+. The van der Waals surface area contributed by atoms with Crippen LogP contribution in [0.4, 0.5) is 5.69 Å². The van der Waals surface area contributed by atoms with E-state index in [1.807, 2.05) is 6.92 Å². The number of hydrogen-bond donors (Lipinski definition) is 1. The summed E-state index contributed by atoms with van der Waals surface area (Å²) in [7, 11) is 1.32. The minimum atomic E-state index is -0.418. The van der Waals surface area contributed by atoms with Crippen LogP contribution in [0, 0.1) is 4.91 Å². The molecule has 1 rings (SSSR count). The van der Waals surface area contributed by atoms with Crippen molar-refractivity contribution >= 4 is 11.7 Å². The molecule has 0 bridgehead atoms. The highest BCUT2D eigenvalue weighted by molar-refractivity contribution is 5.91. The summed E-state index contributed by atoms with van der Waals surface area (Å²) >= 11 is 0. The molecule has 4 nitrogen and oxygen atoms in total. The monoisotopic (exact) mass is 194 g/mol. The summed E-state index contributed by atoms with van der Waals surface area (Å²) < 4.78 is 4.61. The molecule has 1 N–H and O–H groups in total. The molecule has 0 radical (unpaired) electrons. The molecule has 0 aliphatic carbocycles. The first-order chi connectivity index (χ1) is 6.72. The number of aryl methyl sites for hydroxylation is 1. The van der Waals surface area contributed by atoms with E-state index in [4.69, 9.17) is 0 Å². The number of benzene rings is 1. The normalized spacial score (nSPS) is 9.57. The topological polar surface area (TPSA) is 57.3 Å². The second-order valence-corrected chi connectivity index (χ2v) is 2.82. The molecule has 14 heavy (non-hydrogen) atoms. The fraction of sp³-hybridized carbons (Fsp3) is 0.300. The van der Waals surface area contributed by atoms with Gasteiger partial charge in [-0.1, -0.05) is 13.0 Å². The number of nitroso groups, excluding NO2 is 1. The van der Waals surface area contributed by atoms with Gasteiger partial charge in [0.05, 0.1) is 12.7 Å². The summed E-state index contributed by atoms with van der Waals surface area (Å²) in [4.78, 5) is 21.7. The molecule has 74 valence electrons. The smallest absolute Gasteiger partial charge is 0.338 e. The van der Waals surface area contributed by atoms with Crippen LogP contribution in [0.15, 0.2) is 18.2 Å². The molecule has 0 spiro atoms. The van der Waals surface area contributed by atoms with Gasteiger partial charge in [0.1, 0.15) is 0 Å². The van der Waals surface area contributed by atoms with Crippen molar-refractivity contribution in [2.75, 3.05) is 7.11 Å². The van der Waals surface area contributed by atoms with Crippen LogP contribution in [-0.4, -0.2) is 13.1 Å². The van der Waals surface area contributed by atoms with Gasteiger partial charge in [-0.15, -0.1) is 0 Å². The lowest BCUT2D eigenvalue weighted by molar-refractivity contribution is -0.379. The van der Waals surface area contributed by atoms with Crippen LogP contribution < -0.4 is 5.18 Å². The third-order valence-electron chi connectivity index (χ3n) is 2.01. The first-order valence-electron chi connectivity index (χ1n) is 4.32. The van der Waals surface area contributed by atoms with E-state index in [0.717, 1.165) is 12.0 Å². The van der Waals surface area contributed by atoms with Crippen LogP contribution in [-0.2, 0) is 11.2 Å². The van der Waals surface area contributed by atoms with Crippen molar-refractivity contribution in [2.45, 2.75) is 13.3 Å². The summed E-state index contributed by atoms with van der Waals surface area (Å²) in [6, 6.07) is 4.88. The van der Waals surface area contributed by atoms with Crippen LogP contribution in [0.1, 0.15) is 22.8 Å². The Morgan fingerprint density at radius 3 is 2.71 bits per heavy atom. The minimum absolute atomic E-state index is 0.364. The van der Waals surface area contributed by atoms with Gasteiger partial charge < -0.3 is 4.74 Å². The Hall–Kier alpha value is -1.71. The number of nitrogens with one attached hydrogen (secondary N) is 1. The van der Waals surface area contributed by atoms with Gasteiger partial charge in [0, 0.05) is 22.2 Å². The van der Waals surface area contributed by atoms with E-state index in [-0.39, 0.29) is 0 Å². The number of ether oxygens (including phenoxy) is 1. The van der Waals surface area contributed by atoms with Crippen molar-refractivity contribution < 1.29 is 14.7 Å². The molecular weight excluding hydrogens is 182 g/mol. The number of methoxy groups -OCH3 is 1. The maximum absolute atomic E-state index is 11.3. The maximum Gasteiger partial charge on any atom is 0.338 e. The molecule has 1 aromatic rings. The maximum atomic E-state index is 11.3. The minimum Gasteiger partial charge on any atom is -0.465 e. The van der Waals surface area contributed by atoms with E-state index in [0.29, 0.717) is 11.3 Å². The average Bonchev–Trinajstić information content (AvgIpc) is 2.27. The molecule has 0 amide bonds. The summed E-state index contributed by atoms with van der Waals surface area (Å²) in [5.41, 5.74) is 1.68. The van der Waals surface area contributed by atoms with Gasteiger partial charge in [-0.3, -0.25) is 0 Å². The quantitative estimate of drug-likeness (QED) is 0.713. The molecule has 0 fully saturated rings. The number of carbonyl (C=O) groups excluding carboxylic acids is 1. The van der Waals surface area contributed by atoms with Gasteiger partial charge in [-0.25, -0.2) is 4.79 Å². The Bertz CT molecular complexity index is 360. The van der Waals surface area contributed by atoms with Gasteiger partial charge in [-0.2, -0.15) is 0 Å². The zero-order valence-electron chi connectivity index (χ0n) is 8.16. The van der Waals surface area contributed by atoms with Gasteiger partial charge in [0.15, 0.2) is 0 Å². The first kappa shape index (κ1) is 10.4. The third kappa shape index (κ3) is 1.96. The Labute approximate surface area is 81.9 Å². The molecule has 0 saturated heterocycles. The summed E-state index contributed by atoms with van der Waals surface area (Å²) in [6.07, 6.45) is 0.726. The van der Waals surface area contributed by atoms with Crippen LogP contribution in [0.2, 0.25) is 0 Å². The van der Waals surface area contributed by atoms with Crippen molar-refractivity contribution in [3.05, 3.63) is 34.2 Å². The van der Waals surface area contributed by atoms with Gasteiger partial charge >= 0.3 is 5.97 Å². The molecule has 1 aromatic carbocycles. The highest BCUT2D eigenvalue weighted by Gasteiger charge is 2.13. The first-order valence-corrected chi connectivity index (χ1v) is 4.32. The van der Waals surface area contributed by atoms with E-state index < -0.39 is 5.97 Å². The number of carbonyl (C=O) groups is 1. The van der Waals surface area contributed by atoms with Crippen LogP contribution >= 0.6 is 0 Å². The fourth-order valence-corrected chi connectivity index (χ4v) is 1.25. The number of hydrogen-bond acceptors (Lipinski definition) is 3. The van der Waals surface area contributed by atoms with Crippen molar-refractivity contribution in [1.82, 2.24) is 0 Å². The highest BCUT2D eigenvalue weighted by atomic mass is 16.5. The lowest BCUT2D eigenvalue weighted by Gasteiger charge is -2.03. The van der Waals surface area contributed by atoms with Crippen molar-refractivity contribution in [1.29, 1.82) is 0 Å². The van der Waals surface area contributed by atoms with Gasteiger partial charge in [-0.05, 0) is 12.0 Å². The van der Waals surface area contributed by atoms with Gasteiger partial charge in [0.2, 0.25) is 0 Å². The Morgan fingerprint density at radius 2 is 2.21 bits per heavy atom. The van der Waals surface area contributed by atoms with E-state index in [1.165, 1.54) is 13.2 Å². The SMILES string of the molecule is CCc1ccc([NH+]=O)cc1C(=O)OC. The Balaban J connectivity index is 3.21. The summed E-state index contributed by atoms with van der Waals surface area (Å²) in [5.74, 6) is -0.418. The molecule has 0 aromatic heterocycles. The predicted molar refractivity (Wildman–Crippen MR) is 51.1 cm³/mol. The van der Waals surface area contributed by atoms with Crippen molar-refractivity contribution in [2.24, 2.45) is 0 Å². The molecule has 0 aliphatic heterocycles. The van der Waals surface area contributed by atoms with E-state index in [9.17, 15) is 9.70 Å². The average molecular weight is 194 g/mol. The van der Waals surface area contributed by atoms with E-state index in [1.54, 1.807) is 17.3 Å². The zero-order valence-corrected chi connectivity index (χ0v) is 8.16. The second kappa shape index (κ2) is 4.50. The molecule has 0 saturated carbocycles. The van der Waals surface area contributed by atoms with E-state index >= 15 is 0 Å². The highest BCUT2D eigenvalue weighted by Crippen LogP contribution is 2.14. The van der Waals surface area contributed by atoms with Crippen LogP contribution in [0.5, 0.6) is 0 Å². The lowest BCUT2D eigenvalue weighted by atomic mass is 10.0. The zero-order chi connectivity index (χ0) is 10.6. The summed E-state index contributed by atoms with van der Waals surface area (Å²) in [6.45, 7) is 1.94. The second-order valence-electron chi connectivity index (χ2n) is 2.82. The van der Waals surface area contributed by atoms with Crippen LogP contribution in [0.3, 0.4) is 0 Å². The summed E-state index contributed by atoms with van der Waals surface area (Å²) in [5, 5.41) is 1.74. The molecule has 0 aliphatic rings. The van der Waals surface area contributed by atoms with Gasteiger partial charge in [0.25, 0.3) is 5.69 Å². The molecule has 0 heterocycles. The largest absolute Gasteiger partial charge is 0.465 e. The Kier molecular flexibility index (Phi) is 3.34. The van der Waals surface area contributed by atoms with Crippen molar-refractivity contribution in [3.63, 3.8) is 0 Å². The predicted octanol–water partition coefficient (Wildman–Crippen LogP) is 0.514. The molecule has 0 unspecified atom stereocenters. The van der Waals surface area contributed by atoms with Crippen molar-refractivity contribution in [3.8, 4) is 0 Å². The standard InChI is InChI=1S/C10H11NO3/c1-3-7-4-5-8(11-13)6-9(7)10(12)14-2/h4-6H,3H2,1-2H3/p+1. The molecule has 0 atom stereocenters. The fourth-order valence-electron chi connectivity index (χ4n) is 1.25. The van der Waals surface area contributed by atoms with Crippen LogP contribution in [0.25, 0.3) is 0 Å². The Morgan fingerprint density at radius 1 is 1.50 bits per heavy atom.